The minimum Gasteiger partial charge on any atom is -0.473 e. The minimum absolute atomic E-state index is 0.0370. The first-order chi connectivity index (χ1) is 11.8. The zero-order valence-corrected chi connectivity index (χ0v) is 15.2. The molecule has 0 saturated carbocycles. The molecule has 5 heteroatoms. The number of rotatable bonds is 5. The molecule has 2 rings (SSSR count). The third-order valence-corrected chi connectivity index (χ3v) is 3.80. The van der Waals surface area contributed by atoms with Crippen LogP contribution >= 0.6 is 0 Å². The van der Waals surface area contributed by atoms with Gasteiger partial charge in [-0.15, -0.1) is 0 Å². The second-order valence-corrected chi connectivity index (χ2v) is 6.99. The Morgan fingerprint density at radius 3 is 2.52 bits per heavy atom. The number of halogens is 1. The van der Waals surface area contributed by atoms with E-state index in [4.69, 9.17) is 4.74 Å². The van der Waals surface area contributed by atoms with Crippen LogP contribution in [0, 0.1) is 12.7 Å². The van der Waals surface area contributed by atoms with E-state index >= 15 is 0 Å². The van der Waals surface area contributed by atoms with Gasteiger partial charge in [0.25, 0.3) is 0 Å². The maximum Gasteiger partial charge on any atom is 0.317 e. The van der Waals surface area contributed by atoms with Gasteiger partial charge in [0, 0.05) is 12.1 Å². The summed E-state index contributed by atoms with van der Waals surface area (Å²) in [5.41, 5.74) is 2.62. The summed E-state index contributed by atoms with van der Waals surface area (Å²) in [4.78, 5) is 11.8. The molecule has 0 heterocycles. The molecule has 0 spiro atoms. The lowest BCUT2D eigenvalue weighted by atomic mass is 9.85. The van der Waals surface area contributed by atoms with Crippen LogP contribution in [-0.4, -0.2) is 12.8 Å². The fourth-order valence-corrected chi connectivity index (χ4v) is 2.41. The molecule has 0 saturated heterocycles. The molecule has 0 aliphatic carbocycles. The summed E-state index contributed by atoms with van der Waals surface area (Å²) in [5, 5.41) is 5.23. The first kappa shape index (κ1) is 18.8. The van der Waals surface area contributed by atoms with E-state index in [1.807, 2.05) is 19.1 Å². The number of urea groups is 1. The lowest BCUT2D eigenvalue weighted by Crippen LogP contribution is -2.37. The summed E-state index contributed by atoms with van der Waals surface area (Å²) in [6.07, 6.45) is 0. The third kappa shape index (κ3) is 5.48. The molecule has 2 aromatic rings. The minimum atomic E-state index is -0.410. The number of ether oxygens (including phenoxy) is 1. The highest BCUT2D eigenvalue weighted by Gasteiger charge is 2.19. The predicted molar refractivity (Wildman–Crippen MR) is 97.1 cm³/mol. The van der Waals surface area contributed by atoms with Crippen molar-refractivity contribution in [1.29, 1.82) is 0 Å². The smallest absolute Gasteiger partial charge is 0.317 e. The summed E-state index contributed by atoms with van der Waals surface area (Å²) >= 11 is 0. The van der Waals surface area contributed by atoms with Crippen LogP contribution in [0.3, 0.4) is 0 Å². The molecule has 2 amide bonds. The molecular formula is C20H25FN2O2. The Morgan fingerprint density at radius 1 is 1.12 bits per heavy atom. The largest absolute Gasteiger partial charge is 0.473 e. The van der Waals surface area contributed by atoms with Crippen LogP contribution < -0.4 is 15.4 Å². The van der Waals surface area contributed by atoms with Crippen LogP contribution in [0.4, 0.5) is 9.18 Å². The quantitative estimate of drug-likeness (QED) is 0.796. The van der Waals surface area contributed by atoms with E-state index in [0.717, 1.165) is 16.9 Å². The first-order valence-electron chi connectivity index (χ1n) is 8.26. The van der Waals surface area contributed by atoms with Crippen LogP contribution in [-0.2, 0) is 12.0 Å². The summed E-state index contributed by atoms with van der Waals surface area (Å²) in [6, 6.07) is 11.9. The van der Waals surface area contributed by atoms with Gasteiger partial charge in [0.05, 0.1) is 0 Å². The molecule has 2 aromatic carbocycles. The van der Waals surface area contributed by atoms with Crippen molar-refractivity contribution in [3.8, 4) is 5.75 Å². The zero-order valence-electron chi connectivity index (χ0n) is 15.2. The van der Waals surface area contributed by atoms with Gasteiger partial charge in [0.2, 0.25) is 0 Å². The normalized spacial score (nSPS) is 11.1. The van der Waals surface area contributed by atoms with Gasteiger partial charge < -0.3 is 15.4 Å². The fourth-order valence-electron chi connectivity index (χ4n) is 2.41. The van der Waals surface area contributed by atoms with E-state index in [2.05, 4.69) is 37.5 Å². The van der Waals surface area contributed by atoms with Crippen LogP contribution in [0.1, 0.15) is 37.5 Å². The number of carbonyl (C=O) groups is 1. The number of benzene rings is 2. The second kappa shape index (κ2) is 8.01. The maximum atomic E-state index is 13.5. The van der Waals surface area contributed by atoms with Gasteiger partial charge in [-0.1, -0.05) is 56.7 Å². The van der Waals surface area contributed by atoms with Crippen molar-refractivity contribution in [3.05, 3.63) is 65.0 Å². The highest BCUT2D eigenvalue weighted by Crippen LogP contribution is 2.31. The van der Waals surface area contributed by atoms with Crippen LogP contribution in [0.15, 0.2) is 42.5 Å². The molecular weight excluding hydrogens is 319 g/mol. The lowest BCUT2D eigenvalue weighted by Gasteiger charge is -2.23. The monoisotopic (exact) mass is 344 g/mol. The van der Waals surface area contributed by atoms with Gasteiger partial charge in [0.15, 0.2) is 6.73 Å². The topological polar surface area (TPSA) is 50.4 Å². The van der Waals surface area contributed by atoms with Crippen molar-refractivity contribution in [1.82, 2.24) is 10.6 Å². The number of carbonyl (C=O) groups excluding carboxylic acids is 1. The van der Waals surface area contributed by atoms with Crippen molar-refractivity contribution in [3.63, 3.8) is 0 Å². The Balaban J connectivity index is 1.86. The maximum absolute atomic E-state index is 13.5. The summed E-state index contributed by atoms with van der Waals surface area (Å²) < 4.78 is 19.2. The van der Waals surface area contributed by atoms with Crippen LogP contribution in [0.2, 0.25) is 0 Å². The highest BCUT2D eigenvalue weighted by atomic mass is 19.1. The second-order valence-electron chi connectivity index (χ2n) is 6.99. The Morgan fingerprint density at radius 2 is 1.84 bits per heavy atom. The van der Waals surface area contributed by atoms with Gasteiger partial charge in [0.1, 0.15) is 11.6 Å². The molecule has 4 nitrogen and oxygen atoms in total. The molecule has 0 unspecified atom stereocenters. The number of aryl methyl sites for hydroxylation is 1. The van der Waals surface area contributed by atoms with E-state index in [1.54, 1.807) is 18.2 Å². The average Bonchev–Trinajstić information content (AvgIpc) is 2.54. The third-order valence-electron chi connectivity index (χ3n) is 3.80. The van der Waals surface area contributed by atoms with E-state index in [-0.39, 0.29) is 24.5 Å². The number of nitrogens with one attached hydrogen (secondary N) is 2. The predicted octanol–water partition coefficient (Wildman–Crippen LogP) is 4.27. The van der Waals surface area contributed by atoms with E-state index in [0.29, 0.717) is 5.56 Å². The van der Waals surface area contributed by atoms with Crippen molar-refractivity contribution in [2.24, 2.45) is 0 Å². The molecule has 0 aromatic heterocycles. The lowest BCUT2D eigenvalue weighted by molar-refractivity contribution is 0.222. The van der Waals surface area contributed by atoms with Crippen LogP contribution in [0.5, 0.6) is 5.75 Å². The molecule has 0 aliphatic heterocycles. The number of amides is 2. The zero-order chi connectivity index (χ0) is 18.4. The van der Waals surface area contributed by atoms with Gasteiger partial charge in [-0.2, -0.15) is 0 Å². The molecule has 2 N–H and O–H groups in total. The molecule has 0 aliphatic rings. The van der Waals surface area contributed by atoms with Crippen molar-refractivity contribution in [2.75, 3.05) is 6.73 Å². The number of hydrogen-bond acceptors (Lipinski definition) is 2. The summed E-state index contributed by atoms with van der Waals surface area (Å²) in [7, 11) is 0. The van der Waals surface area contributed by atoms with Gasteiger partial charge in [-0.3, -0.25) is 0 Å². The molecule has 0 atom stereocenters. The highest BCUT2D eigenvalue weighted by molar-refractivity contribution is 5.73. The average molecular weight is 344 g/mol. The molecule has 0 radical (unpaired) electrons. The molecule has 25 heavy (non-hydrogen) atoms. The van der Waals surface area contributed by atoms with E-state index in [1.165, 1.54) is 6.07 Å². The van der Waals surface area contributed by atoms with E-state index < -0.39 is 6.03 Å². The number of hydrogen-bond donors (Lipinski definition) is 2. The molecule has 0 bridgehead atoms. The summed E-state index contributed by atoms with van der Waals surface area (Å²) in [6.45, 7) is 8.54. The first-order valence-corrected chi connectivity index (χ1v) is 8.26. The van der Waals surface area contributed by atoms with E-state index in [9.17, 15) is 9.18 Å². The van der Waals surface area contributed by atoms with Gasteiger partial charge in [-0.25, -0.2) is 9.18 Å². The Hall–Kier alpha value is -2.56. The van der Waals surface area contributed by atoms with Crippen molar-refractivity contribution in [2.45, 2.75) is 39.7 Å². The standard InChI is InChI=1S/C20H25FN2O2/c1-14-9-10-18(16(11-14)20(2,3)4)25-13-23-19(24)22-12-15-7-5-6-8-17(15)21/h5-11H,12-13H2,1-4H3,(H2,22,23,24). The SMILES string of the molecule is Cc1ccc(OCNC(=O)NCc2ccccc2F)c(C(C)(C)C)c1. The Kier molecular flexibility index (Phi) is 6.02. The van der Waals surface area contributed by atoms with Gasteiger partial charge >= 0.3 is 6.03 Å². The molecule has 0 fully saturated rings. The Bertz CT molecular complexity index is 739. The molecule has 134 valence electrons. The van der Waals surface area contributed by atoms with Gasteiger partial charge in [-0.05, 0) is 30.0 Å². The van der Waals surface area contributed by atoms with Crippen molar-refractivity contribution < 1.29 is 13.9 Å². The fraction of sp³-hybridized carbons (Fsp3) is 0.350. The summed E-state index contributed by atoms with van der Waals surface area (Å²) in [5.74, 6) is 0.404. The van der Waals surface area contributed by atoms with Crippen molar-refractivity contribution >= 4 is 6.03 Å². The van der Waals surface area contributed by atoms with Crippen LogP contribution in [0.25, 0.3) is 0 Å². The Labute approximate surface area is 148 Å².